The molecule has 1 aromatic rings. The summed E-state index contributed by atoms with van der Waals surface area (Å²) in [4.78, 5) is 25.3. The number of ether oxygens (including phenoxy) is 2. The highest BCUT2D eigenvalue weighted by molar-refractivity contribution is 6.32. The first-order valence-electron chi connectivity index (χ1n) is 7.61. The zero-order chi connectivity index (χ0) is 18.1. The second kappa shape index (κ2) is 9.82. The van der Waals surface area contributed by atoms with Crippen molar-refractivity contribution in [3.8, 4) is 11.5 Å². The van der Waals surface area contributed by atoms with Crippen LogP contribution in [0.1, 0.15) is 19.4 Å². The summed E-state index contributed by atoms with van der Waals surface area (Å²) in [6.45, 7) is 4.65. The third-order valence-corrected chi connectivity index (χ3v) is 3.56. The van der Waals surface area contributed by atoms with Gasteiger partial charge in [0.05, 0.1) is 25.8 Å². The molecular formula is C17H23ClN2O4. The van der Waals surface area contributed by atoms with Crippen LogP contribution in [0.3, 0.4) is 0 Å². The van der Waals surface area contributed by atoms with E-state index in [-0.39, 0.29) is 18.4 Å². The Labute approximate surface area is 147 Å². The Balaban J connectivity index is 2.89. The largest absolute Gasteiger partial charge is 0.493 e. The lowest BCUT2D eigenvalue weighted by molar-refractivity contribution is -0.132. The zero-order valence-electron chi connectivity index (χ0n) is 14.4. The quantitative estimate of drug-likeness (QED) is 0.728. The topological polar surface area (TPSA) is 67.9 Å². The first-order chi connectivity index (χ1) is 11.5. The van der Waals surface area contributed by atoms with E-state index in [1.54, 1.807) is 18.2 Å². The normalized spacial score (nSPS) is 10.5. The smallest absolute Gasteiger partial charge is 0.247 e. The SMILES string of the molecule is CCNC(=O)CN(CC)C(=O)/C=C/c1cc(Cl)c(OC)c(OC)c1. The standard InChI is InChI=1S/C17H23ClN2O4/c1-5-19-15(21)11-20(6-2)16(22)8-7-12-9-13(18)17(24-4)14(10-12)23-3/h7-10H,5-6,11H2,1-4H3,(H,19,21)/b8-7+. The van der Waals surface area contributed by atoms with E-state index in [9.17, 15) is 9.59 Å². The third-order valence-electron chi connectivity index (χ3n) is 3.28. The Hall–Kier alpha value is -2.21. The van der Waals surface area contributed by atoms with E-state index in [0.29, 0.717) is 35.2 Å². The Bertz CT molecular complexity index is 617. The minimum absolute atomic E-state index is 0.0280. The van der Waals surface area contributed by atoms with Crippen molar-refractivity contribution in [2.75, 3.05) is 33.9 Å². The lowest BCUT2D eigenvalue weighted by Gasteiger charge is -2.18. The summed E-state index contributed by atoms with van der Waals surface area (Å²) in [5.41, 5.74) is 0.695. The van der Waals surface area contributed by atoms with Crippen LogP contribution in [0, 0.1) is 0 Å². The lowest BCUT2D eigenvalue weighted by Crippen LogP contribution is -2.39. The maximum atomic E-state index is 12.2. The van der Waals surface area contributed by atoms with Crippen LogP contribution in [-0.2, 0) is 9.59 Å². The number of nitrogens with one attached hydrogen (secondary N) is 1. The molecule has 0 saturated heterocycles. The predicted octanol–water partition coefficient (Wildman–Crippen LogP) is 2.35. The van der Waals surface area contributed by atoms with Gasteiger partial charge in [0, 0.05) is 19.2 Å². The molecule has 1 rings (SSSR count). The summed E-state index contributed by atoms with van der Waals surface area (Å²) in [5.74, 6) is 0.478. The highest BCUT2D eigenvalue weighted by Gasteiger charge is 2.13. The molecule has 0 fully saturated rings. The van der Waals surface area contributed by atoms with Crippen LogP contribution in [0.2, 0.25) is 5.02 Å². The number of carbonyl (C=O) groups excluding carboxylic acids is 2. The second-order valence-electron chi connectivity index (χ2n) is 4.88. The minimum atomic E-state index is -0.255. The van der Waals surface area contributed by atoms with Crippen LogP contribution < -0.4 is 14.8 Å². The van der Waals surface area contributed by atoms with Crippen LogP contribution in [0.5, 0.6) is 11.5 Å². The number of carbonyl (C=O) groups is 2. The Kier molecular flexibility index (Phi) is 8.12. The highest BCUT2D eigenvalue weighted by Crippen LogP contribution is 2.36. The number of benzene rings is 1. The Morgan fingerprint density at radius 1 is 1.25 bits per heavy atom. The van der Waals surface area contributed by atoms with E-state index in [0.717, 1.165) is 0 Å². The second-order valence-corrected chi connectivity index (χ2v) is 5.28. The molecule has 1 aromatic carbocycles. The molecule has 0 bridgehead atoms. The number of halogens is 1. The molecule has 0 aliphatic carbocycles. The van der Waals surface area contributed by atoms with Gasteiger partial charge in [0.1, 0.15) is 0 Å². The van der Waals surface area contributed by atoms with Gasteiger partial charge in [-0.1, -0.05) is 11.6 Å². The highest BCUT2D eigenvalue weighted by atomic mass is 35.5. The van der Waals surface area contributed by atoms with Crippen molar-refractivity contribution in [3.05, 3.63) is 28.8 Å². The molecule has 7 heteroatoms. The van der Waals surface area contributed by atoms with Crippen LogP contribution in [0.4, 0.5) is 0 Å². The molecule has 0 radical (unpaired) electrons. The van der Waals surface area contributed by atoms with Crippen molar-refractivity contribution < 1.29 is 19.1 Å². The van der Waals surface area contributed by atoms with E-state index in [1.807, 2.05) is 13.8 Å². The van der Waals surface area contributed by atoms with Gasteiger partial charge >= 0.3 is 0 Å². The van der Waals surface area contributed by atoms with Gasteiger partial charge in [-0.25, -0.2) is 0 Å². The summed E-state index contributed by atoms with van der Waals surface area (Å²) in [6, 6.07) is 3.39. The van der Waals surface area contributed by atoms with Crippen molar-refractivity contribution in [2.45, 2.75) is 13.8 Å². The number of amides is 2. The summed E-state index contributed by atoms with van der Waals surface area (Å²) in [5, 5.41) is 3.06. The number of nitrogens with zero attached hydrogens (tertiary/aromatic N) is 1. The van der Waals surface area contributed by atoms with Gasteiger partial charge in [0.25, 0.3) is 0 Å². The first-order valence-corrected chi connectivity index (χ1v) is 7.99. The summed E-state index contributed by atoms with van der Waals surface area (Å²) >= 11 is 6.14. The van der Waals surface area contributed by atoms with Gasteiger partial charge in [-0.05, 0) is 37.6 Å². The van der Waals surface area contributed by atoms with Gasteiger partial charge in [0.15, 0.2) is 11.5 Å². The fraction of sp³-hybridized carbons (Fsp3) is 0.412. The van der Waals surface area contributed by atoms with E-state index in [4.69, 9.17) is 21.1 Å². The number of methoxy groups -OCH3 is 2. The lowest BCUT2D eigenvalue weighted by atomic mass is 10.2. The number of hydrogen-bond acceptors (Lipinski definition) is 4. The molecule has 0 saturated carbocycles. The molecule has 0 aromatic heterocycles. The third kappa shape index (κ3) is 5.45. The van der Waals surface area contributed by atoms with Gasteiger partial charge in [-0.15, -0.1) is 0 Å². The molecule has 2 amide bonds. The van der Waals surface area contributed by atoms with Gasteiger partial charge in [0.2, 0.25) is 11.8 Å². The summed E-state index contributed by atoms with van der Waals surface area (Å²) < 4.78 is 10.4. The molecule has 6 nitrogen and oxygen atoms in total. The number of rotatable bonds is 8. The molecule has 0 atom stereocenters. The van der Waals surface area contributed by atoms with E-state index in [1.165, 1.54) is 25.2 Å². The van der Waals surface area contributed by atoms with Crippen LogP contribution in [-0.4, -0.2) is 50.6 Å². The molecular weight excluding hydrogens is 332 g/mol. The molecule has 0 spiro atoms. The maximum Gasteiger partial charge on any atom is 0.247 e. The average Bonchev–Trinajstić information content (AvgIpc) is 2.57. The van der Waals surface area contributed by atoms with E-state index in [2.05, 4.69) is 5.32 Å². The van der Waals surface area contributed by atoms with Crippen LogP contribution in [0.25, 0.3) is 6.08 Å². The fourth-order valence-corrected chi connectivity index (χ4v) is 2.38. The van der Waals surface area contributed by atoms with Crippen LogP contribution in [0.15, 0.2) is 18.2 Å². The fourth-order valence-electron chi connectivity index (χ4n) is 2.08. The zero-order valence-corrected chi connectivity index (χ0v) is 15.1. The van der Waals surface area contributed by atoms with Crippen molar-refractivity contribution in [2.24, 2.45) is 0 Å². The molecule has 0 heterocycles. The van der Waals surface area contributed by atoms with Gasteiger partial charge in [-0.2, -0.15) is 0 Å². The van der Waals surface area contributed by atoms with Crippen LogP contribution >= 0.6 is 11.6 Å². The molecule has 0 aliphatic heterocycles. The Morgan fingerprint density at radius 3 is 2.50 bits per heavy atom. The van der Waals surface area contributed by atoms with Gasteiger partial charge < -0.3 is 19.7 Å². The van der Waals surface area contributed by atoms with Crippen molar-refractivity contribution >= 4 is 29.5 Å². The van der Waals surface area contributed by atoms with E-state index < -0.39 is 0 Å². The molecule has 0 aliphatic rings. The predicted molar refractivity (Wildman–Crippen MR) is 94.5 cm³/mol. The maximum absolute atomic E-state index is 12.2. The Morgan fingerprint density at radius 2 is 1.96 bits per heavy atom. The van der Waals surface area contributed by atoms with Crippen molar-refractivity contribution in [1.82, 2.24) is 10.2 Å². The van der Waals surface area contributed by atoms with E-state index >= 15 is 0 Å². The van der Waals surface area contributed by atoms with Crippen molar-refractivity contribution in [3.63, 3.8) is 0 Å². The molecule has 0 unspecified atom stereocenters. The summed E-state index contributed by atoms with van der Waals surface area (Å²) in [6.07, 6.45) is 3.02. The van der Waals surface area contributed by atoms with Gasteiger partial charge in [-0.3, -0.25) is 9.59 Å². The number of likely N-dealkylation sites (N-methyl/N-ethyl adjacent to an activating group) is 2. The molecule has 132 valence electrons. The molecule has 1 N–H and O–H groups in total. The average molecular weight is 355 g/mol. The first kappa shape index (κ1) is 19.8. The summed E-state index contributed by atoms with van der Waals surface area (Å²) in [7, 11) is 3.02. The monoisotopic (exact) mass is 354 g/mol. The number of hydrogen-bond donors (Lipinski definition) is 1. The minimum Gasteiger partial charge on any atom is -0.493 e. The molecule has 24 heavy (non-hydrogen) atoms. The van der Waals surface area contributed by atoms with Crippen molar-refractivity contribution in [1.29, 1.82) is 0 Å².